The molecule has 3 aliphatic carbocycles. The maximum absolute atomic E-state index is 13.7. The van der Waals surface area contributed by atoms with Crippen LogP contribution in [0.25, 0.3) is 23.9 Å². The van der Waals surface area contributed by atoms with Crippen LogP contribution in [0.15, 0.2) is 91.0 Å². The van der Waals surface area contributed by atoms with E-state index < -0.39 is 17.3 Å². The molecule has 0 radical (unpaired) electrons. The Kier molecular flexibility index (Phi) is 7.76. The summed E-state index contributed by atoms with van der Waals surface area (Å²) in [6.45, 7) is 13.1. The third-order valence-corrected chi connectivity index (χ3v) is 14.5. The van der Waals surface area contributed by atoms with Crippen LogP contribution in [0.1, 0.15) is 110 Å². The van der Waals surface area contributed by atoms with Crippen LogP contribution in [0, 0.1) is 5.92 Å². The van der Waals surface area contributed by atoms with Crippen LogP contribution >= 0.6 is 0 Å². The molecule has 5 aliphatic rings. The Bertz CT molecular complexity index is 2560. The second-order valence-corrected chi connectivity index (χ2v) is 17.9. The quantitative estimate of drug-likeness (QED) is 0.182. The smallest absolute Gasteiger partial charge is 0.374 e. The second-order valence-electron chi connectivity index (χ2n) is 17.9. The minimum atomic E-state index is -4.38. The highest BCUT2D eigenvalue weighted by Crippen LogP contribution is 2.55. The minimum Gasteiger partial charge on any atom is -0.374 e. The van der Waals surface area contributed by atoms with Crippen LogP contribution in [0.3, 0.4) is 0 Å². The summed E-state index contributed by atoms with van der Waals surface area (Å²) in [6.07, 6.45) is 9.47. The van der Waals surface area contributed by atoms with Crippen molar-refractivity contribution in [3.8, 4) is 5.69 Å². The predicted molar refractivity (Wildman–Crippen MR) is 224 cm³/mol. The molecule has 2 aliphatic heterocycles. The summed E-state index contributed by atoms with van der Waals surface area (Å²) in [6, 6.07) is 27.7. The van der Waals surface area contributed by atoms with Gasteiger partial charge in [0, 0.05) is 65.0 Å². The predicted octanol–water partition coefficient (Wildman–Crippen LogP) is 10.9. The summed E-state index contributed by atoms with van der Waals surface area (Å²) in [4.78, 5) is 4.80. The number of hydrogen-bond donors (Lipinski definition) is 0. The number of benzene rings is 4. The first kappa shape index (κ1) is 35.4. The Hall–Kier alpha value is -4.97. The van der Waals surface area contributed by atoms with Crippen LogP contribution in [-0.4, -0.2) is 23.7 Å². The van der Waals surface area contributed by atoms with Gasteiger partial charge in [-0.15, -0.1) is 0 Å². The van der Waals surface area contributed by atoms with E-state index in [4.69, 9.17) is 0 Å². The molecule has 4 aromatic carbocycles. The third kappa shape index (κ3) is 4.96. The van der Waals surface area contributed by atoms with Crippen molar-refractivity contribution in [3.05, 3.63) is 146 Å². The zero-order valence-electron chi connectivity index (χ0n) is 33.2. The van der Waals surface area contributed by atoms with Gasteiger partial charge in [0.15, 0.2) is 0 Å². The number of allylic oxidation sites excluding steroid dienone is 1. The zero-order valence-corrected chi connectivity index (χ0v) is 33.2. The summed E-state index contributed by atoms with van der Waals surface area (Å²) < 4.78 is 43.7. The van der Waals surface area contributed by atoms with Crippen molar-refractivity contribution in [2.24, 2.45) is 5.92 Å². The Morgan fingerprint density at radius 2 is 1.57 bits per heavy atom. The first-order chi connectivity index (χ1) is 26.8. The van der Waals surface area contributed by atoms with E-state index in [-0.39, 0.29) is 11.3 Å². The van der Waals surface area contributed by atoms with Crippen molar-refractivity contribution >= 4 is 35.3 Å². The van der Waals surface area contributed by atoms with Crippen LogP contribution in [0.2, 0.25) is 0 Å². The van der Waals surface area contributed by atoms with E-state index in [9.17, 15) is 13.2 Å². The van der Waals surface area contributed by atoms with E-state index in [1.165, 1.54) is 73.1 Å². The average Bonchev–Trinajstić information content (AvgIpc) is 3.63. The van der Waals surface area contributed by atoms with Gasteiger partial charge in [-0.2, -0.15) is 13.2 Å². The number of nitrogens with zero attached hydrogens (tertiary/aromatic N) is 3. The molecule has 6 heteroatoms. The summed E-state index contributed by atoms with van der Waals surface area (Å²) in [5.41, 5.74) is 13.1. The lowest BCUT2D eigenvalue weighted by molar-refractivity contribution is -0.137. The summed E-state index contributed by atoms with van der Waals surface area (Å²) in [7, 11) is 2.28. The molecule has 0 amide bonds. The molecular weight excluding hydrogens is 700 g/mol. The van der Waals surface area contributed by atoms with Crippen molar-refractivity contribution in [1.82, 2.24) is 4.57 Å². The topological polar surface area (TPSA) is 11.4 Å². The van der Waals surface area contributed by atoms with Gasteiger partial charge < -0.3 is 14.4 Å². The van der Waals surface area contributed by atoms with Crippen molar-refractivity contribution in [2.75, 3.05) is 23.4 Å². The fourth-order valence-corrected chi connectivity index (χ4v) is 11.4. The number of para-hydroxylation sites is 2. The Balaban J connectivity index is 1.18. The lowest BCUT2D eigenvalue weighted by Gasteiger charge is -2.46. The molecule has 5 aromatic rings. The van der Waals surface area contributed by atoms with Gasteiger partial charge in [-0.1, -0.05) is 82.3 Å². The van der Waals surface area contributed by atoms with Gasteiger partial charge in [0.1, 0.15) is 0 Å². The first-order valence-electron chi connectivity index (χ1n) is 20.5. The molecule has 3 heterocycles. The van der Waals surface area contributed by atoms with Gasteiger partial charge in [0.05, 0.1) is 11.1 Å². The van der Waals surface area contributed by atoms with Gasteiger partial charge in [-0.3, -0.25) is 0 Å². The van der Waals surface area contributed by atoms with E-state index in [1.807, 2.05) is 6.07 Å². The van der Waals surface area contributed by atoms with Gasteiger partial charge >= 0.3 is 6.18 Å². The Morgan fingerprint density at radius 3 is 2.32 bits per heavy atom. The number of aromatic nitrogens is 1. The van der Waals surface area contributed by atoms with Crippen molar-refractivity contribution in [3.63, 3.8) is 0 Å². The summed E-state index contributed by atoms with van der Waals surface area (Å²) in [5, 5.41) is 2.56. The molecule has 0 bridgehead atoms. The number of fused-ring (bicyclic) bond motifs is 9. The van der Waals surface area contributed by atoms with Gasteiger partial charge in [-0.05, 0) is 137 Å². The molecule has 0 fully saturated rings. The number of halogens is 3. The summed E-state index contributed by atoms with van der Waals surface area (Å²) >= 11 is 0. The minimum absolute atomic E-state index is 0.0257. The molecule has 0 saturated heterocycles. The van der Waals surface area contributed by atoms with Crippen molar-refractivity contribution in [2.45, 2.75) is 95.2 Å². The Labute approximate surface area is 328 Å². The van der Waals surface area contributed by atoms with Crippen LogP contribution in [-0.2, 0) is 24.4 Å². The SMILES string of the molecule is CC1CCN(C)c2c(C3(C)Cc4c5c(n(-c6ccccc6)c4CC3C)C(C)CC=C5)cc3c(c21)=CC1(C)C(C=3)c2ccccc2N1c1ccc(C(F)(F)F)cc1. The van der Waals surface area contributed by atoms with E-state index >= 15 is 0 Å². The molecule has 6 atom stereocenters. The van der Waals surface area contributed by atoms with E-state index in [2.05, 4.69) is 135 Å². The average molecular weight is 750 g/mol. The molecule has 1 aromatic heterocycles. The standard InChI is InChI=1S/C50H50F3N3/c1-30-23-24-54(6)47-42(48(4)28-40-37-17-12-13-31(2)46(37)55(44(40)25-32(48)3)35-14-8-7-9-15-35)27-33-26-41-38-16-10-11-18-43(38)56(49(41,5)29-39(33)45(30)47)36-21-19-34(20-22-36)50(51,52)53/h7-12,14-22,26-27,29-32,41H,13,23-25,28H2,1-6H3. The van der Waals surface area contributed by atoms with Gasteiger partial charge in [-0.25, -0.2) is 0 Å². The molecule has 6 unspecified atom stereocenters. The molecule has 0 saturated carbocycles. The number of alkyl halides is 3. The number of rotatable bonds is 3. The largest absolute Gasteiger partial charge is 0.416 e. The molecule has 0 N–H and O–H groups in total. The monoisotopic (exact) mass is 749 g/mol. The lowest BCUT2D eigenvalue weighted by Crippen LogP contribution is -2.51. The van der Waals surface area contributed by atoms with E-state index in [0.29, 0.717) is 17.8 Å². The molecule has 286 valence electrons. The van der Waals surface area contributed by atoms with E-state index in [0.717, 1.165) is 43.6 Å². The van der Waals surface area contributed by atoms with Crippen LogP contribution in [0.5, 0.6) is 0 Å². The van der Waals surface area contributed by atoms with Crippen molar-refractivity contribution < 1.29 is 13.2 Å². The maximum atomic E-state index is 13.7. The normalized spacial score (nSPS) is 27.3. The lowest BCUT2D eigenvalue weighted by atomic mass is 9.61. The third-order valence-electron chi connectivity index (χ3n) is 14.5. The molecular formula is C50H50F3N3. The van der Waals surface area contributed by atoms with Crippen molar-refractivity contribution in [1.29, 1.82) is 0 Å². The second kappa shape index (κ2) is 12.3. The highest BCUT2D eigenvalue weighted by Gasteiger charge is 2.49. The number of anilines is 3. The highest BCUT2D eigenvalue weighted by molar-refractivity contribution is 5.84. The van der Waals surface area contributed by atoms with E-state index in [1.54, 1.807) is 12.1 Å². The Morgan fingerprint density at radius 1 is 0.839 bits per heavy atom. The number of hydrogen-bond acceptors (Lipinski definition) is 2. The van der Waals surface area contributed by atoms with Crippen LogP contribution < -0.4 is 20.2 Å². The van der Waals surface area contributed by atoms with Gasteiger partial charge in [0.25, 0.3) is 0 Å². The highest BCUT2D eigenvalue weighted by atomic mass is 19.4. The van der Waals surface area contributed by atoms with Gasteiger partial charge in [0.2, 0.25) is 0 Å². The molecule has 56 heavy (non-hydrogen) atoms. The zero-order chi connectivity index (χ0) is 38.9. The molecule has 0 spiro atoms. The molecule has 3 nitrogen and oxygen atoms in total. The fourth-order valence-electron chi connectivity index (χ4n) is 11.4. The van der Waals surface area contributed by atoms with Crippen LogP contribution in [0.4, 0.5) is 30.2 Å². The maximum Gasteiger partial charge on any atom is 0.416 e. The molecule has 10 rings (SSSR count). The fraction of sp³-hybridized carbons (Fsp3) is 0.360. The summed E-state index contributed by atoms with van der Waals surface area (Å²) in [5.74, 6) is 1.22. The first-order valence-corrected chi connectivity index (χ1v) is 20.5.